The van der Waals surface area contributed by atoms with E-state index >= 15 is 0 Å². The fraction of sp³-hybridized carbons (Fsp3) is 0.538. The topological polar surface area (TPSA) is 88.5 Å². The average molecular weight is 276 g/mol. The summed E-state index contributed by atoms with van der Waals surface area (Å²) in [4.78, 5) is 19.9. The zero-order valence-corrected chi connectivity index (χ0v) is 11.8. The number of unbranched alkanes of at least 4 members (excludes halogenated alkanes) is 1. The quantitative estimate of drug-likeness (QED) is 0.747. The third-order valence-electron chi connectivity index (χ3n) is 2.94. The first kappa shape index (κ1) is 14.2. The molecule has 0 aliphatic carbocycles. The monoisotopic (exact) mass is 276 g/mol. The van der Waals surface area contributed by atoms with Crippen molar-refractivity contribution in [3.63, 3.8) is 0 Å². The molecule has 0 aliphatic rings. The summed E-state index contributed by atoms with van der Waals surface area (Å²) in [6.45, 7) is 5.53. The van der Waals surface area contributed by atoms with Gasteiger partial charge in [0.1, 0.15) is 5.82 Å². The zero-order valence-electron chi connectivity index (χ0n) is 11.8. The van der Waals surface area contributed by atoms with Gasteiger partial charge in [-0.15, -0.1) is 5.10 Å². The highest BCUT2D eigenvalue weighted by atomic mass is 16.2. The van der Waals surface area contributed by atoms with Gasteiger partial charge in [-0.25, -0.2) is 9.97 Å². The number of nitrogens with one attached hydrogen (secondary N) is 2. The van der Waals surface area contributed by atoms with E-state index in [0.29, 0.717) is 6.54 Å². The first-order valence-electron chi connectivity index (χ1n) is 6.83. The number of nitrogens with zero attached hydrogens (tertiary/aromatic N) is 4. The van der Waals surface area contributed by atoms with Crippen LogP contribution >= 0.6 is 0 Å². The third kappa shape index (κ3) is 3.91. The van der Waals surface area contributed by atoms with Gasteiger partial charge < -0.3 is 9.88 Å². The Balaban J connectivity index is 1.66. The normalized spacial score (nSPS) is 10.9. The van der Waals surface area contributed by atoms with E-state index in [1.807, 2.05) is 24.6 Å². The Bertz CT molecular complexity index is 531. The fourth-order valence-corrected chi connectivity index (χ4v) is 1.75. The molecule has 7 heteroatoms. The van der Waals surface area contributed by atoms with Gasteiger partial charge >= 0.3 is 0 Å². The molecule has 108 valence electrons. The van der Waals surface area contributed by atoms with Crippen molar-refractivity contribution in [2.75, 3.05) is 6.54 Å². The van der Waals surface area contributed by atoms with E-state index < -0.39 is 0 Å². The van der Waals surface area contributed by atoms with Crippen LogP contribution in [-0.4, -0.2) is 37.2 Å². The number of imidazole rings is 1. The number of hydrogen-bond acceptors (Lipinski definition) is 4. The molecule has 0 saturated carbocycles. The lowest BCUT2D eigenvalue weighted by Crippen LogP contribution is -2.25. The van der Waals surface area contributed by atoms with Crippen molar-refractivity contribution >= 4 is 5.91 Å². The van der Waals surface area contributed by atoms with Crippen LogP contribution in [0.1, 0.15) is 49.1 Å². The summed E-state index contributed by atoms with van der Waals surface area (Å²) in [6, 6.07) is 0. The van der Waals surface area contributed by atoms with Crippen LogP contribution in [0.3, 0.4) is 0 Å². The highest BCUT2D eigenvalue weighted by Gasteiger charge is 2.13. The molecule has 2 aromatic heterocycles. The Morgan fingerprint density at radius 1 is 1.45 bits per heavy atom. The minimum atomic E-state index is -0.226. The van der Waals surface area contributed by atoms with Crippen LogP contribution in [0.4, 0.5) is 0 Å². The smallest absolute Gasteiger partial charge is 0.290 e. The maximum Gasteiger partial charge on any atom is 0.290 e. The molecule has 2 N–H and O–H groups in total. The molecule has 0 spiro atoms. The van der Waals surface area contributed by atoms with Crippen LogP contribution in [0.5, 0.6) is 0 Å². The Kier molecular flexibility index (Phi) is 4.86. The van der Waals surface area contributed by atoms with Crippen LogP contribution in [0.2, 0.25) is 0 Å². The summed E-state index contributed by atoms with van der Waals surface area (Å²) in [5.41, 5.74) is 0. The maximum atomic E-state index is 11.8. The van der Waals surface area contributed by atoms with Gasteiger partial charge in [-0.2, -0.15) is 0 Å². The highest BCUT2D eigenvalue weighted by molar-refractivity contribution is 5.90. The molecule has 0 fully saturated rings. The first-order valence-corrected chi connectivity index (χ1v) is 6.83. The van der Waals surface area contributed by atoms with Gasteiger partial charge in [-0.3, -0.25) is 9.89 Å². The van der Waals surface area contributed by atoms with Crippen molar-refractivity contribution < 1.29 is 4.79 Å². The Labute approximate surface area is 117 Å². The van der Waals surface area contributed by atoms with Gasteiger partial charge in [0.2, 0.25) is 5.82 Å². The maximum absolute atomic E-state index is 11.8. The second kappa shape index (κ2) is 6.83. The van der Waals surface area contributed by atoms with Gasteiger partial charge in [0, 0.05) is 31.4 Å². The van der Waals surface area contributed by atoms with Gasteiger partial charge in [-0.05, 0) is 12.8 Å². The number of aromatic nitrogens is 5. The number of amides is 1. The molecule has 2 heterocycles. The van der Waals surface area contributed by atoms with Crippen LogP contribution in [0.25, 0.3) is 0 Å². The molecular formula is C13H20N6O. The molecule has 0 aromatic carbocycles. The second-order valence-electron chi connectivity index (χ2n) is 4.96. The zero-order chi connectivity index (χ0) is 14.4. The molecule has 0 atom stereocenters. The molecule has 0 aliphatic heterocycles. The van der Waals surface area contributed by atoms with Crippen molar-refractivity contribution in [1.82, 2.24) is 30.0 Å². The molecule has 7 nitrogen and oxygen atoms in total. The van der Waals surface area contributed by atoms with E-state index in [-0.39, 0.29) is 17.6 Å². The first-order chi connectivity index (χ1) is 9.66. The highest BCUT2D eigenvalue weighted by Crippen LogP contribution is 2.07. The molecule has 0 radical (unpaired) electrons. The Morgan fingerprint density at radius 3 is 2.95 bits per heavy atom. The summed E-state index contributed by atoms with van der Waals surface area (Å²) in [6.07, 6.45) is 7.38. The number of carbonyl (C=O) groups excluding carboxylic acids is 1. The molecule has 2 rings (SSSR count). The van der Waals surface area contributed by atoms with Gasteiger partial charge in [0.25, 0.3) is 5.91 Å². The summed E-state index contributed by atoms with van der Waals surface area (Å²) in [7, 11) is 0. The predicted molar refractivity (Wildman–Crippen MR) is 74.3 cm³/mol. The number of aryl methyl sites for hydroxylation is 1. The number of aromatic amines is 1. The lowest BCUT2D eigenvalue weighted by Gasteiger charge is -2.03. The number of hydrogen-bond donors (Lipinski definition) is 2. The minimum Gasteiger partial charge on any atom is -0.349 e. The summed E-state index contributed by atoms with van der Waals surface area (Å²) in [5, 5.41) is 9.51. The SMILES string of the molecule is CC(C)c1nc(C(=O)NCCCCn2ccnc2)n[nH]1. The number of rotatable bonds is 7. The van der Waals surface area contributed by atoms with Gasteiger partial charge in [0.05, 0.1) is 6.33 Å². The van der Waals surface area contributed by atoms with Crippen LogP contribution in [0, 0.1) is 0 Å². The van der Waals surface area contributed by atoms with Gasteiger partial charge in [0.15, 0.2) is 0 Å². The standard InChI is InChI=1S/C13H20N6O/c1-10(2)11-16-12(18-17-11)13(20)15-5-3-4-7-19-8-6-14-9-19/h6,8-10H,3-5,7H2,1-2H3,(H,15,20)(H,16,17,18). The summed E-state index contributed by atoms with van der Waals surface area (Å²) < 4.78 is 2.02. The van der Waals surface area contributed by atoms with Crippen molar-refractivity contribution in [1.29, 1.82) is 0 Å². The lowest BCUT2D eigenvalue weighted by molar-refractivity contribution is 0.0943. The predicted octanol–water partition coefficient (Wildman–Crippen LogP) is 1.33. The molecular weight excluding hydrogens is 256 g/mol. The molecule has 1 amide bonds. The van der Waals surface area contributed by atoms with Crippen molar-refractivity contribution in [3.05, 3.63) is 30.4 Å². The average Bonchev–Trinajstić information content (AvgIpc) is 3.09. The van der Waals surface area contributed by atoms with E-state index in [9.17, 15) is 4.79 Å². The van der Waals surface area contributed by atoms with Crippen molar-refractivity contribution in [3.8, 4) is 0 Å². The van der Waals surface area contributed by atoms with E-state index in [1.54, 1.807) is 12.5 Å². The molecule has 2 aromatic rings. The third-order valence-corrected chi connectivity index (χ3v) is 2.94. The molecule has 0 unspecified atom stereocenters. The van der Waals surface area contributed by atoms with Crippen LogP contribution in [-0.2, 0) is 6.54 Å². The Morgan fingerprint density at radius 2 is 2.30 bits per heavy atom. The van der Waals surface area contributed by atoms with E-state index in [2.05, 4.69) is 25.5 Å². The van der Waals surface area contributed by atoms with Crippen LogP contribution < -0.4 is 5.32 Å². The summed E-state index contributed by atoms with van der Waals surface area (Å²) in [5.74, 6) is 0.952. The second-order valence-corrected chi connectivity index (χ2v) is 4.96. The van der Waals surface area contributed by atoms with Crippen LogP contribution in [0.15, 0.2) is 18.7 Å². The molecule has 0 bridgehead atoms. The van der Waals surface area contributed by atoms with Gasteiger partial charge in [-0.1, -0.05) is 13.8 Å². The number of H-pyrrole nitrogens is 1. The molecule has 20 heavy (non-hydrogen) atoms. The minimum absolute atomic E-state index is 0.211. The van der Waals surface area contributed by atoms with E-state index in [1.165, 1.54) is 0 Å². The lowest BCUT2D eigenvalue weighted by atomic mass is 10.2. The summed E-state index contributed by atoms with van der Waals surface area (Å²) >= 11 is 0. The number of carbonyl (C=O) groups is 1. The van der Waals surface area contributed by atoms with E-state index in [4.69, 9.17) is 0 Å². The van der Waals surface area contributed by atoms with E-state index in [0.717, 1.165) is 25.2 Å². The molecule has 0 saturated heterocycles. The Hall–Kier alpha value is -2.18. The van der Waals surface area contributed by atoms with Crippen molar-refractivity contribution in [2.45, 2.75) is 39.2 Å². The van der Waals surface area contributed by atoms with Crippen molar-refractivity contribution in [2.24, 2.45) is 0 Å². The largest absolute Gasteiger partial charge is 0.349 e. The fourth-order valence-electron chi connectivity index (χ4n) is 1.75.